The number of rotatable bonds is 6. The van der Waals surface area contributed by atoms with Crippen LogP contribution in [0.3, 0.4) is 0 Å². The maximum absolute atomic E-state index is 13.4. The molecule has 0 aliphatic carbocycles. The first kappa shape index (κ1) is 16.9. The highest BCUT2D eigenvalue weighted by atomic mass is 32.2. The SMILES string of the molecule is NCCCCNS(=O)(=O)c1cc(C(F)(F)F)ccc1F. The van der Waals surface area contributed by atoms with Crippen molar-refractivity contribution in [1.82, 2.24) is 4.72 Å². The van der Waals surface area contributed by atoms with Crippen LogP contribution in [0.5, 0.6) is 0 Å². The number of hydrogen-bond acceptors (Lipinski definition) is 3. The minimum atomic E-state index is -4.74. The van der Waals surface area contributed by atoms with Crippen molar-refractivity contribution in [2.24, 2.45) is 5.73 Å². The Bertz CT molecular complexity index is 558. The van der Waals surface area contributed by atoms with Crippen molar-refractivity contribution in [2.75, 3.05) is 13.1 Å². The fourth-order valence-corrected chi connectivity index (χ4v) is 2.61. The van der Waals surface area contributed by atoms with Crippen LogP contribution in [0.4, 0.5) is 17.6 Å². The standard InChI is InChI=1S/C11H14F4N2O2S/c12-9-4-3-8(11(13,14)15)7-10(9)20(18,19)17-6-2-1-5-16/h3-4,7,17H,1-2,5-6,16H2. The quantitative estimate of drug-likeness (QED) is 0.622. The van der Waals surface area contributed by atoms with Gasteiger partial charge in [0.05, 0.1) is 5.56 Å². The number of alkyl halides is 3. The summed E-state index contributed by atoms with van der Waals surface area (Å²) in [5, 5.41) is 0. The normalized spacial score (nSPS) is 12.7. The number of hydrogen-bond donors (Lipinski definition) is 2. The molecule has 0 aliphatic rings. The highest BCUT2D eigenvalue weighted by Crippen LogP contribution is 2.31. The molecule has 0 heterocycles. The van der Waals surface area contributed by atoms with Crippen LogP contribution in [0, 0.1) is 5.82 Å². The van der Waals surface area contributed by atoms with E-state index in [1.807, 2.05) is 4.72 Å². The minimum Gasteiger partial charge on any atom is -0.330 e. The third kappa shape index (κ3) is 4.43. The molecular weight excluding hydrogens is 300 g/mol. The zero-order valence-corrected chi connectivity index (χ0v) is 11.2. The molecule has 0 aromatic heterocycles. The third-order valence-corrected chi connectivity index (χ3v) is 3.95. The number of sulfonamides is 1. The van der Waals surface area contributed by atoms with Crippen LogP contribution in [-0.2, 0) is 16.2 Å². The van der Waals surface area contributed by atoms with Crippen molar-refractivity contribution in [3.63, 3.8) is 0 Å². The van der Waals surface area contributed by atoms with Crippen molar-refractivity contribution in [3.8, 4) is 0 Å². The zero-order chi connectivity index (χ0) is 15.4. The Balaban J connectivity index is 2.99. The highest BCUT2D eigenvalue weighted by Gasteiger charge is 2.32. The van der Waals surface area contributed by atoms with E-state index >= 15 is 0 Å². The Labute approximate surface area is 114 Å². The van der Waals surface area contributed by atoms with Crippen LogP contribution in [0.25, 0.3) is 0 Å². The van der Waals surface area contributed by atoms with E-state index in [1.165, 1.54) is 0 Å². The van der Waals surface area contributed by atoms with Crippen LogP contribution in [-0.4, -0.2) is 21.5 Å². The van der Waals surface area contributed by atoms with E-state index in [0.717, 1.165) is 0 Å². The molecule has 0 bridgehead atoms. The Morgan fingerprint density at radius 1 is 1.20 bits per heavy atom. The monoisotopic (exact) mass is 314 g/mol. The Morgan fingerprint density at radius 2 is 1.85 bits per heavy atom. The van der Waals surface area contributed by atoms with Gasteiger partial charge < -0.3 is 5.73 Å². The Hall–Kier alpha value is -1.19. The molecule has 1 aromatic rings. The first-order valence-electron chi connectivity index (χ1n) is 5.75. The molecular formula is C11H14F4N2O2S. The Kier molecular flexibility index (Phi) is 5.49. The first-order chi connectivity index (χ1) is 9.18. The second kappa shape index (κ2) is 6.51. The topological polar surface area (TPSA) is 72.2 Å². The predicted octanol–water partition coefficient (Wildman–Crippen LogP) is 1.86. The lowest BCUT2D eigenvalue weighted by atomic mass is 10.2. The van der Waals surface area contributed by atoms with Gasteiger partial charge >= 0.3 is 6.18 Å². The summed E-state index contributed by atoms with van der Waals surface area (Å²) in [5.74, 6) is -1.23. The van der Waals surface area contributed by atoms with Crippen molar-refractivity contribution in [1.29, 1.82) is 0 Å². The molecule has 0 radical (unpaired) electrons. The molecule has 0 aliphatic heterocycles. The smallest absolute Gasteiger partial charge is 0.330 e. The summed E-state index contributed by atoms with van der Waals surface area (Å²) < 4.78 is 76.4. The molecule has 1 rings (SSSR count). The second-order valence-electron chi connectivity index (χ2n) is 4.04. The molecule has 0 fully saturated rings. The lowest BCUT2D eigenvalue weighted by Crippen LogP contribution is -2.26. The molecule has 0 unspecified atom stereocenters. The van der Waals surface area contributed by atoms with Gasteiger partial charge in [0.15, 0.2) is 0 Å². The van der Waals surface area contributed by atoms with Gasteiger partial charge in [-0.05, 0) is 37.6 Å². The largest absolute Gasteiger partial charge is 0.416 e. The number of unbranched alkanes of at least 4 members (excludes halogenated alkanes) is 1. The molecule has 0 amide bonds. The van der Waals surface area contributed by atoms with Crippen molar-refractivity contribution in [2.45, 2.75) is 23.9 Å². The van der Waals surface area contributed by atoms with Crippen LogP contribution in [0.15, 0.2) is 23.1 Å². The summed E-state index contributed by atoms with van der Waals surface area (Å²) in [5.41, 5.74) is 4.00. The van der Waals surface area contributed by atoms with Crippen molar-refractivity contribution in [3.05, 3.63) is 29.6 Å². The highest BCUT2D eigenvalue weighted by molar-refractivity contribution is 7.89. The number of benzene rings is 1. The van der Waals surface area contributed by atoms with Gasteiger partial charge in [-0.25, -0.2) is 17.5 Å². The second-order valence-corrected chi connectivity index (χ2v) is 5.77. The average molecular weight is 314 g/mol. The summed E-state index contributed by atoms with van der Waals surface area (Å²) in [4.78, 5) is -1.01. The number of halogens is 4. The van der Waals surface area contributed by atoms with Crippen LogP contribution < -0.4 is 10.5 Å². The van der Waals surface area contributed by atoms with Crippen molar-refractivity contribution >= 4 is 10.0 Å². The molecule has 0 saturated heterocycles. The molecule has 3 N–H and O–H groups in total. The van der Waals surface area contributed by atoms with Gasteiger partial charge in [-0.2, -0.15) is 13.2 Å². The third-order valence-electron chi connectivity index (χ3n) is 2.47. The fourth-order valence-electron chi connectivity index (χ4n) is 1.44. The molecule has 114 valence electrons. The van der Waals surface area contributed by atoms with Crippen LogP contribution in [0.2, 0.25) is 0 Å². The van der Waals surface area contributed by atoms with Gasteiger partial charge in [0.25, 0.3) is 0 Å². The molecule has 0 spiro atoms. The van der Waals surface area contributed by atoms with Crippen LogP contribution in [0.1, 0.15) is 18.4 Å². The summed E-state index contributed by atoms with van der Waals surface area (Å²) >= 11 is 0. The summed E-state index contributed by atoms with van der Waals surface area (Å²) in [6.07, 6.45) is -3.78. The predicted molar refractivity (Wildman–Crippen MR) is 64.9 cm³/mol. The van der Waals surface area contributed by atoms with Gasteiger partial charge in [-0.1, -0.05) is 0 Å². The van der Waals surface area contributed by atoms with Gasteiger partial charge in [-0.3, -0.25) is 0 Å². The van der Waals surface area contributed by atoms with E-state index in [0.29, 0.717) is 31.5 Å². The van der Waals surface area contributed by atoms with E-state index < -0.39 is 32.5 Å². The van der Waals surface area contributed by atoms with Gasteiger partial charge in [0, 0.05) is 6.54 Å². The Morgan fingerprint density at radius 3 is 2.40 bits per heavy atom. The molecule has 0 saturated carbocycles. The van der Waals surface area contributed by atoms with E-state index in [4.69, 9.17) is 5.73 Å². The van der Waals surface area contributed by atoms with Gasteiger partial charge in [0.1, 0.15) is 10.7 Å². The molecule has 9 heteroatoms. The van der Waals surface area contributed by atoms with Crippen molar-refractivity contribution < 1.29 is 26.0 Å². The summed E-state index contributed by atoms with van der Waals surface area (Å²) in [7, 11) is -4.32. The maximum Gasteiger partial charge on any atom is 0.416 e. The maximum atomic E-state index is 13.4. The molecule has 0 atom stereocenters. The number of nitrogens with two attached hydrogens (primary N) is 1. The molecule has 1 aromatic carbocycles. The van der Waals surface area contributed by atoms with E-state index in [-0.39, 0.29) is 12.6 Å². The summed E-state index contributed by atoms with van der Waals surface area (Å²) in [6.45, 7) is 0.342. The van der Waals surface area contributed by atoms with Crippen LogP contribution >= 0.6 is 0 Å². The van der Waals surface area contributed by atoms with Gasteiger partial charge in [0.2, 0.25) is 10.0 Å². The molecule has 20 heavy (non-hydrogen) atoms. The summed E-state index contributed by atoms with van der Waals surface area (Å²) in [6, 6.07) is 1.25. The average Bonchev–Trinajstić information content (AvgIpc) is 2.33. The number of nitrogens with one attached hydrogen (secondary N) is 1. The van der Waals surface area contributed by atoms with E-state index in [9.17, 15) is 26.0 Å². The first-order valence-corrected chi connectivity index (χ1v) is 7.23. The lowest BCUT2D eigenvalue weighted by Gasteiger charge is -2.11. The minimum absolute atomic E-state index is 0.0186. The zero-order valence-electron chi connectivity index (χ0n) is 10.4. The molecule has 4 nitrogen and oxygen atoms in total. The van der Waals surface area contributed by atoms with Gasteiger partial charge in [-0.15, -0.1) is 0 Å². The van der Waals surface area contributed by atoms with E-state index in [2.05, 4.69) is 0 Å². The fraction of sp³-hybridized carbons (Fsp3) is 0.455. The lowest BCUT2D eigenvalue weighted by molar-refractivity contribution is -0.137. The van der Waals surface area contributed by atoms with E-state index in [1.54, 1.807) is 0 Å².